The van der Waals surface area contributed by atoms with Gasteiger partial charge in [-0.25, -0.2) is 49.1 Å². The molecule has 11 aromatic heterocycles. The molecule has 0 aliphatic carbocycles. The molecule has 0 saturated heterocycles. The van der Waals surface area contributed by atoms with Gasteiger partial charge in [0.05, 0.1) is 60.3 Å². The molecule has 11 aromatic rings. The topological polar surface area (TPSA) is 482 Å². The number of ether oxygens (including phenoxy) is 2. The number of aliphatic imine (C=N–C) groups is 1. The number of nitrogens with two attached hydrogens (primary N) is 1. The zero-order chi connectivity index (χ0) is 76.8. The van der Waals surface area contributed by atoms with Crippen molar-refractivity contribution in [3.63, 3.8) is 0 Å². The predicted octanol–water partition coefficient (Wildman–Crippen LogP) is 2.67. The van der Waals surface area contributed by atoms with Crippen LogP contribution in [-0.2, 0) is 95.3 Å². The summed E-state index contributed by atoms with van der Waals surface area (Å²) in [7, 11) is 5.94. The number of halogens is 7. The van der Waals surface area contributed by atoms with Gasteiger partial charge in [0.25, 0.3) is 22.2 Å². The number of hydrogen-bond donors (Lipinski definition) is 7. The quantitative estimate of drug-likeness (QED) is 0.0525. The van der Waals surface area contributed by atoms with Gasteiger partial charge in [-0.15, -0.1) is 0 Å². The molecule has 0 unspecified atom stereocenters. The zero-order valence-corrected chi connectivity index (χ0v) is 57.2. The number of nitrogens with one attached hydrogen (secondary N) is 5. The number of imidazole rings is 3. The van der Waals surface area contributed by atoms with E-state index < -0.39 is 80.8 Å². The van der Waals surface area contributed by atoms with E-state index in [4.69, 9.17) is 15.6 Å². The van der Waals surface area contributed by atoms with Crippen LogP contribution in [0.4, 0.5) is 43.8 Å². The zero-order valence-electron chi connectivity index (χ0n) is 55.6. The Morgan fingerprint density at radius 2 is 0.990 bits per heavy atom. The molecule has 0 fully saturated rings. The molecule has 8 N–H and O–H groups in total. The first-order valence-corrected chi connectivity index (χ1v) is 31.0. The molecular weight excluding hydrogens is 1460 g/mol. The summed E-state index contributed by atoms with van der Waals surface area (Å²) >= 11 is 2.94. The fraction of sp³-hybridized carbons (Fsp3) is 0.279. The van der Waals surface area contributed by atoms with Gasteiger partial charge in [0.15, 0.2) is 33.5 Å². The van der Waals surface area contributed by atoms with Gasteiger partial charge in [0.2, 0.25) is 5.91 Å². The summed E-state index contributed by atoms with van der Waals surface area (Å²) < 4.78 is 95.7. The molecule has 12 rings (SSSR count). The third-order valence-electron chi connectivity index (χ3n) is 14.3. The van der Waals surface area contributed by atoms with Crippen LogP contribution in [0, 0.1) is 13.8 Å². The number of carboxylic acids is 1. The predicted molar refractivity (Wildman–Crippen MR) is 363 cm³/mol. The normalized spacial score (nSPS) is 11.3. The number of carboxylic acid groups (broad SMARTS) is 1. The van der Waals surface area contributed by atoms with Crippen LogP contribution < -0.4 is 56.0 Å². The van der Waals surface area contributed by atoms with Crippen molar-refractivity contribution in [3.05, 3.63) is 191 Å². The molecule has 12 heterocycles. The minimum Gasteiger partial charge on any atom is -0.480 e. The molecule has 1 aliphatic heterocycles. The Hall–Kier alpha value is -12.9. The number of pyridine rings is 4. The number of aryl methyl sites for hydroxylation is 5. The van der Waals surface area contributed by atoms with Crippen molar-refractivity contribution in [2.24, 2.45) is 33.2 Å². The Kier molecular flexibility index (Phi) is 25.3. The number of nitrogen functional groups attached to an aromatic ring is 1. The van der Waals surface area contributed by atoms with Gasteiger partial charge >= 0.3 is 53.0 Å². The van der Waals surface area contributed by atoms with E-state index in [-0.39, 0.29) is 106 Å². The van der Waals surface area contributed by atoms with E-state index in [9.17, 15) is 83.9 Å². The first-order valence-electron chi connectivity index (χ1n) is 29.9. The lowest BCUT2D eigenvalue weighted by atomic mass is 10.1. The molecule has 0 spiro atoms. The second-order valence-electron chi connectivity index (χ2n) is 21.5. The molecule has 43 heteroatoms. The summed E-state index contributed by atoms with van der Waals surface area (Å²) in [6.45, 7) is 5.97. The van der Waals surface area contributed by atoms with Crippen molar-refractivity contribution in [2.45, 2.75) is 66.1 Å². The first-order chi connectivity index (χ1) is 49.0. The smallest absolute Gasteiger partial charge is 0.418 e. The largest absolute Gasteiger partial charge is 0.480 e. The van der Waals surface area contributed by atoms with Gasteiger partial charge in [-0.1, -0.05) is 28.1 Å². The molecule has 0 saturated carbocycles. The number of esters is 2. The fourth-order valence-corrected chi connectivity index (χ4v) is 9.53. The van der Waals surface area contributed by atoms with Crippen molar-refractivity contribution in [1.82, 2.24) is 86.8 Å². The highest BCUT2D eigenvalue weighted by Gasteiger charge is 2.35. The highest BCUT2D eigenvalue weighted by molar-refractivity contribution is 9.09. The molecule has 1 amide bonds. The number of alkyl halides is 7. The Labute approximate surface area is 584 Å². The number of nitrogens with zero attached hydrogens (tertiary/aromatic N) is 15. The van der Waals surface area contributed by atoms with Crippen LogP contribution in [-0.4, -0.2) is 140 Å². The van der Waals surface area contributed by atoms with Crippen LogP contribution in [0.15, 0.2) is 123 Å². The minimum atomic E-state index is -4.56. The lowest BCUT2D eigenvalue weighted by Gasteiger charge is -2.12. The van der Waals surface area contributed by atoms with Crippen LogP contribution in [0.1, 0.15) is 41.9 Å². The number of hydrogen-bond acceptors (Lipinski definition) is 23. The average Bonchev–Trinajstić information content (AvgIpc) is 1.61. The summed E-state index contributed by atoms with van der Waals surface area (Å²) in [5.41, 5.74) is 1.57. The van der Waals surface area contributed by atoms with Crippen molar-refractivity contribution in [2.75, 3.05) is 29.6 Å². The van der Waals surface area contributed by atoms with E-state index in [0.29, 0.717) is 41.0 Å². The van der Waals surface area contributed by atoms with E-state index in [1.54, 1.807) is 45.3 Å². The molecule has 0 radical (unpaired) electrons. The SMILES string of the molecule is CCOC(=O)CBr.CCOC(=O)Cn1cnc2c1c(=O)[nH]c(=O)n2C.Cc1ncc(-c2cccc(N)n2)cc1C(F)(F)F.Cc1ncc(-c2cccc(NC(=O)Cn3cnc4c3c(=O)[nH]c(=O)n4C)n2)cc1C(F)(F)F.Cn1c(=O)[nH]c(=O)c2c1ncn2CC(=O)O.Cn1c2c(c(=O)[nH]c1=O)CC=N2. The maximum absolute atomic E-state index is 13.2. The molecule has 1 aliphatic rings. The Bertz CT molecular complexity index is 5620. The number of aromatic nitrogens is 18. The highest BCUT2D eigenvalue weighted by atomic mass is 79.9. The van der Waals surface area contributed by atoms with Gasteiger partial charge in [0, 0.05) is 75.7 Å². The highest BCUT2D eigenvalue weighted by Crippen LogP contribution is 2.35. The van der Waals surface area contributed by atoms with E-state index in [1.807, 2.05) is 0 Å². The van der Waals surface area contributed by atoms with E-state index in [2.05, 4.69) is 85.8 Å². The lowest BCUT2D eigenvalue weighted by Crippen LogP contribution is -2.30. The Balaban J connectivity index is 0.000000185. The number of H-pyrrole nitrogens is 4. The monoisotopic (exact) mass is 1520 g/mol. The molecule has 0 aromatic carbocycles. The summed E-state index contributed by atoms with van der Waals surface area (Å²) in [5, 5.41) is 11.5. The Morgan fingerprint density at radius 3 is 1.41 bits per heavy atom. The van der Waals surface area contributed by atoms with Crippen molar-refractivity contribution < 1.29 is 60.1 Å². The van der Waals surface area contributed by atoms with Crippen LogP contribution in [0.3, 0.4) is 0 Å². The second-order valence-corrected chi connectivity index (χ2v) is 22.0. The minimum absolute atomic E-state index is 0.0411. The molecule has 36 nitrogen and oxygen atoms in total. The van der Waals surface area contributed by atoms with Gasteiger partial charge in [-0.2, -0.15) is 26.3 Å². The van der Waals surface area contributed by atoms with Crippen LogP contribution in [0.5, 0.6) is 0 Å². The fourth-order valence-electron chi connectivity index (χ4n) is 9.37. The number of aromatic amines is 4. The van der Waals surface area contributed by atoms with Crippen molar-refractivity contribution >= 4 is 96.9 Å². The molecule has 548 valence electrons. The Morgan fingerprint density at radius 1 is 0.577 bits per heavy atom. The average molecular weight is 1520 g/mol. The van der Waals surface area contributed by atoms with E-state index >= 15 is 0 Å². The van der Waals surface area contributed by atoms with Crippen LogP contribution >= 0.6 is 15.9 Å². The summed E-state index contributed by atoms with van der Waals surface area (Å²) in [6, 6.07) is 11.2. The number of carbonyl (C=O) groups is 4. The maximum Gasteiger partial charge on any atom is 0.418 e. The standard InChI is InChI=1S/C20H16F3N7O3.C12H10F3N3.C10H12N4O4.C8H8N4O4.C7H7N3O2.C4H7BrO2/c1-10-12(20(21,22)23)6-11(7-24-10)13-4-3-5-14(26-13)27-15(31)8-30-9-25-17-16(30)18(32)28-19(33)29(17)2;1-7-9(12(13,14)15)5-8(6-17-7)10-3-2-4-11(16)18-10;1-3-18-6(15)4-14-5-11-8-7(14)9(16)12-10(17)13(8)2;1-11-6-5(7(15)10-8(11)16)12(3-9-6)2-4(13)14;1-10-5-4(2-3-8-5)6(11)9-7(10)12;1-2-7-4(6)3-5/h3-7,9H,8H2,1-2H3,(H,26,27,31)(H,28,32,33);2-6H,1H3,(H2,16,18);5H,3-4H2,1-2H3,(H,12,16,17);3H,2H2,1H3,(H,13,14)(H,10,15,16);3H,2H2,1H3,(H,9,11,12);2-3H2,1H3. The number of aliphatic carboxylic acids is 1. The third kappa shape index (κ3) is 19.2. The lowest BCUT2D eigenvalue weighted by molar-refractivity contribution is -0.144. The molecule has 104 heavy (non-hydrogen) atoms. The van der Waals surface area contributed by atoms with Gasteiger partial charge in [-0.3, -0.25) is 86.5 Å². The van der Waals surface area contributed by atoms with Gasteiger partial charge in [0.1, 0.15) is 42.4 Å². The summed E-state index contributed by atoms with van der Waals surface area (Å²) in [5.74, 6) is -1.51. The third-order valence-corrected chi connectivity index (χ3v) is 14.8. The van der Waals surface area contributed by atoms with Crippen LogP contribution in [0.2, 0.25) is 0 Å². The molecule has 0 bridgehead atoms. The van der Waals surface area contributed by atoms with Gasteiger partial charge < -0.3 is 39.3 Å². The summed E-state index contributed by atoms with van der Waals surface area (Å²) in [6.07, 6.45) is -0.429. The van der Waals surface area contributed by atoms with Crippen molar-refractivity contribution in [3.8, 4) is 22.5 Å². The number of amides is 1. The summed E-state index contributed by atoms with van der Waals surface area (Å²) in [4.78, 5) is 176. The van der Waals surface area contributed by atoms with E-state index in [0.717, 1.165) is 21.3 Å². The number of carbonyl (C=O) groups excluding carboxylic acids is 3. The maximum atomic E-state index is 13.2. The van der Waals surface area contributed by atoms with Gasteiger partial charge in [-0.05, 0) is 64.1 Å². The van der Waals surface area contributed by atoms with Crippen LogP contribution in [0.25, 0.3) is 56.0 Å². The number of anilines is 2. The molecular formula is C61H60BrF6N21O15. The molecule has 0 atom stereocenters. The van der Waals surface area contributed by atoms with E-state index in [1.165, 1.54) is 107 Å². The first kappa shape index (κ1) is 78.5. The van der Waals surface area contributed by atoms with Crippen molar-refractivity contribution in [1.29, 1.82) is 0 Å². The number of rotatable bonds is 12. The second kappa shape index (κ2) is 33.5. The number of fused-ring (bicyclic) bond motifs is 4.